The zero-order valence-electron chi connectivity index (χ0n) is 10.4. The third-order valence-corrected chi connectivity index (χ3v) is 4.97. The van der Waals surface area contributed by atoms with Crippen molar-refractivity contribution < 1.29 is 4.74 Å². The van der Waals surface area contributed by atoms with Crippen LogP contribution in [-0.2, 0) is 4.74 Å². The highest BCUT2D eigenvalue weighted by molar-refractivity contribution is 8.00. The minimum Gasteiger partial charge on any atom is -0.381 e. The van der Waals surface area contributed by atoms with Gasteiger partial charge >= 0.3 is 0 Å². The molecular formula is C12H24N2OS. The number of hydrogen-bond acceptors (Lipinski definition) is 4. The second-order valence-electron chi connectivity index (χ2n) is 5.51. The Kier molecular flexibility index (Phi) is 4.16. The van der Waals surface area contributed by atoms with E-state index in [0.29, 0.717) is 16.7 Å². The lowest BCUT2D eigenvalue weighted by Crippen LogP contribution is -2.53. The van der Waals surface area contributed by atoms with Gasteiger partial charge in [-0.1, -0.05) is 0 Å². The summed E-state index contributed by atoms with van der Waals surface area (Å²) >= 11 is 2.08. The summed E-state index contributed by atoms with van der Waals surface area (Å²) in [6.07, 6.45) is 1.19. The fourth-order valence-electron chi connectivity index (χ4n) is 2.83. The van der Waals surface area contributed by atoms with Crippen molar-refractivity contribution in [2.75, 3.05) is 38.6 Å². The third-order valence-electron chi connectivity index (χ3n) is 3.67. The van der Waals surface area contributed by atoms with Crippen molar-refractivity contribution >= 4 is 11.8 Å². The van der Waals surface area contributed by atoms with Gasteiger partial charge in [0.2, 0.25) is 0 Å². The van der Waals surface area contributed by atoms with Crippen LogP contribution in [0.2, 0.25) is 0 Å². The Morgan fingerprint density at radius 2 is 2.38 bits per heavy atom. The lowest BCUT2D eigenvalue weighted by Gasteiger charge is -2.43. The second-order valence-corrected chi connectivity index (χ2v) is 7.31. The molecule has 0 aromatic carbocycles. The van der Waals surface area contributed by atoms with E-state index in [-0.39, 0.29) is 0 Å². The molecule has 0 aromatic heterocycles. The van der Waals surface area contributed by atoms with Gasteiger partial charge in [-0.2, -0.15) is 11.8 Å². The van der Waals surface area contributed by atoms with Gasteiger partial charge in [0.25, 0.3) is 0 Å². The molecule has 0 bridgehead atoms. The molecule has 2 heterocycles. The first-order valence-corrected chi connectivity index (χ1v) is 7.27. The monoisotopic (exact) mass is 244 g/mol. The van der Waals surface area contributed by atoms with E-state index in [4.69, 9.17) is 10.5 Å². The molecule has 0 amide bonds. The van der Waals surface area contributed by atoms with Crippen LogP contribution in [0.1, 0.15) is 20.3 Å². The molecular weight excluding hydrogens is 220 g/mol. The lowest BCUT2D eigenvalue weighted by molar-refractivity contribution is 0.118. The Hall–Kier alpha value is 0.230. The predicted molar refractivity (Wildman–Crippen MR) is 69.9 cm³/mol. The molecule has 94 valence electrons. The zero-order valence-corrected chi connectivity index (χ0v) is 11.3. The minimum absolute atomic E-state index is 0.380. The Morgan fingerprint density at radius 1 is 1.56 bits per heavy atom. The molecule has 2 aliphatic heterocycles. The van der Waals surface area contributed by atoms with E-state index in [1.807, 2.05) is 0 Å². The summed E-state index contributed by atoms with van der Waals surface area (Å²) in [6, 6.07) is 0.530. The summed E-state index contributed by atoms with van der Waals surface area (Å²) in [5.41, 5.74) is 5.97. The molecule has 0 radical (unpaired) electrons. The van der Waals surface area contributed by atoms with E-state index >= 15 is 0 Å². The third kappa shape index (κ3) is 2.92. The molecule has 2 aliphatic rings. The van der Waals surface area contributed by atoms with E-state index in [0.717, 1.165) is 26.3 Å². The fourth-order valence-corrected chi connectivity index (χ4v) is 3.97. The average molecular weight is 244 g/mol. The number of thioether (sulfide) groups is 1. The number of rotatable bonds is 3. The van der Waals surface area contributed by atoms with E-state index < -0.39 is 0 Å². The van der Waals surface area contributed by atoms with Gasteiger partial charge in [0.1, 0.15) is 0 Å². The molecule has 0 aromatic rings. The number of nitrogens with zero attached hydrogens (tertiary/aromatic N) is 1. The molecule has 2 fully saturated rings. The summed E-state index contributed by atoms with van der Waals surface area (Å²) in [7, 11) is 0. The molecule has 2 N–H and O–H groups in total. The molecule has 3 nitrogen and oxygen atoms in total. The Balaban J connectivity index is 1.97. The SMILES string of the molecule is CC1(C)CN(C(CN)C2CCOC2)CCS1. The van der Waals surface area contributed by atoms with Crippen LogP contribution in [0.25, 0.3) is 0 Å². The van der Waals surface area contributed by atoms with Gasteiger partial charge in [-0.15, -0.1) is 0 Å². The minimum atomic E-state index is 0.380. The number of nitrogens with two attached hydrogens (primary N) is 1. The van der Waals surface area contributed by atoms with Crippen LogP contribution in [0.15, 0.2) is 0 Å². The molecule has 2 saturated heterocycles. The Morgan fingerprint density at radius 3 is 2.94 bits per heavy atom. The molecule has 2 rings (SSSR count). The van der Waals surface area contributed by atoms with Gasteiger partial charge in [0, 0.05) is 48.7 Å². The van der Waals surface area contributed by atoms with Crippen molar-refractivity contribution in [2.24, 2.45) is 11.7 Å². The van der Waals surface area contributed by atoms with Crippen molar-refractivity contribution in [1.29, 1.82) is 0 Å². The van der Waals surface area contributed by atoms with E-state index in [2.05, 4.69) is 30.5 Å². The molecule has 0 saturated carbocycles. The van der Waals surface area contributed by atoms with Crippen LogP contribution in [0.3, 0.4) is 0 Å². The molecule has 4 heteroatoms. The maximum absolute atomic E-state index is 5.97. The highest BCUT2D eigenvalue weighted by Gasteiger charge is 2.35. The standard InChI is InChI=1S/C12H24N2OS/c1-12(2)9-14(4-6-16-12)11(7-13)10-3-5-15-8-10/h10-11H,3-9,13H2,1-2H3. The summed E-state index contributed by atoms with van der Waals surface area (Å²) in [5, 5.41) is 0. The van der Waals surface area contributed by atoms with Crippen LogP contribution >= 0.6 is 11.8 Å². The van der Waals surface area contributed by atoms with Crippen molar-refractivity contribution in [3.8, 4) is 0 Å². The Bertz CT molecular complexity index is 229. The second kappa shape index (κ2) is 5.25. The smallest absolute Gasteiger partial charge is 0.0510 e. The van der Waals surface area contributed by atoms with E-state index in [1.165, 1.54) is 18.7 Å². The van der Waals surface area contributed by atoms with E-state index in [9.17, 15) is 0 Å². The molecule has 2 atom stereocenters. The van der Waals surface area contributed by atoms with Crippen LogP contribution in [0.5, 0.6) is 0 Å². The fraction of sp³-hybridized carbons (Fsp3) is 1.00. The quantitative estimate of drug-likeness (QED) is 0.809. The van der Waals surface area contributed by atoms with Gasteiger partial charge in [-0.25, -0.2) is 0 Å². The highest BCUT2D eigenvalue weighted by atomic mass is 32.2. The molecule has 16 heavy (non-hydrogen) atoms. The first kappa shape index (κ1) is 12.7. The van der Waals surface area contributed by atoms with Crippen molar-refractivity contribution in [1.82, 2.24) is 4.90 Å². The largest absolute Gasteiger partial charge is 0.381 e. The van der Waals surface area contributed by atoms with Crippen LogP contribution in [0, 0.1) is 5.92 Å². The van der Waals surface area contributed by atoms with Gasteiger partial charge in [0.15, 0.2) is 0 Å². The first-order valence-electron chi connectivity index (χ1n) is 6.28. The van der Waals surface area contributed by atoms with E-state index in [1.54, 1.807) is 0 Å². The van der Waals surface area contributed by atoms with Crippen molar-refractivity contribution in [2.45, 2.75) is 31.1 Å². The summed E-state index contributed by atoms with van der Waals surface area (Å²) < 4.78 is 5.88. The van der Waals surface area contributed by atoms with Gasteiger partial charge < -0.3 is 10.5 Å². The highest BCUT2D eigenvalue weighted by Crippen LogP contribution is 2.32. The Labute approximate surface area is 103 Å². The maximum atomic E-state index is 5.97. The zero-order chi connectivity index (χ0) is 11.6. The lowest BCUT2D eigenvalue weighted by atomic mass is 9.96. The van der Waals surface area contributed by atoms with Gasteiger partial charge in [0.05, 0.1) is 6.61 Å². The van der Waals surface area contributed by atoms with Gasteiger partial charge in [-0.05, 0) is 20.3 Å². The number of hydrogen-bond donors (Lipinski definition) is 1. The predicted octanol–water partition coefficient (Wildman–Crippen LogP) is 1.18. The molecule has 2 unspecified atom stereocenters. The molecule has 0 aliphatic carbocycles. The van der Waals surface area contributed by atoms with Gasteiger partial charge in [-0.3, -0.25) is 4.90 Å². The topological polar surface area (TPSA) is 38.5 Å². The summed E-state index contributed by atoms with van der Waals surface area (Å²) in [5.74, 6) is 1.89. The van der Waals surface area contributed by atoms with Crippen LogP contribution < -0.4 is 5.73 Å². The van der Waals surface area contributed by atoms with Crippen LogP contribution in [-0.4, -0.2) is 54.3 Å². The molecule has 0 spiro atoms. The number of ether oxygens (including phenoxy) is 1. The normalized spacial score (nSPS) is 32.8. The maximum Gasteiger partial charge on any atom is 0.0510 e. The van der Waals surface area contributed by atoms with Crippen LogP contribution in [0.4, 0.5) is 0 Å². The van der Waals surface area contributed by atoms with Crippen molar-refractivity contribution in [3.63, 3.8) is 0 Å². The van der Waals surface area contributed by atoms with Crippen molar-refractivity contribution in [3.05, 3.63) is 0 Å². The average Bonchev–Trinajstić information content (AvgIpc) is 2.71. The summed E-state index contributed by atoms with van der Waals surface area (Å²) in [6.45, 7) is 9.63. The summed E-state index contributed by atoms with van der Waals surface area (Å²) in [4.78, 5) is 2.59. The first-order chi connectivity index (χ1) is 7.62.